The van der Waals surface area contributed by atoms with E-state index in [1.165, 1.54) is 0 Å². The third-order valence-corrected chi connectivity index (χ3v) is 2.81. The zero-order valence-electron chi connectivity index (χ0n) is 10.8. The van der Waals surface area contributed by atoms with Crippen LogP contribution in [0.3, 0.4) is 0 Å². The number of quaternary nitrogens is 1. The number of hydrogen-bond donors (Lipinski definition) is 1. The summed E-state index contributed by atoms with van der Waals surface area (Å²) in [6.45, 7) is 0. The molecule has 1 aromatic rings. The van der Waals surface area contributed by atoms with Crippen LogP contribution in [0.4, 0.5) is 0 Å². The second kappa shape index (κ2) is 6.86. The van der Waals surface area contributed by atoms with Gasteiger partial charge in [-0.25, -0.2) is 0 Å². The molecule has 0 unspecified atom stereocenters. The number of carbonyl (C=O) groups is 1. The van der Waals surface area contributed by atoms with Crippen LogP contribution in [0, 0.1) is 0 Å². The van der Waals surface area contributed by atoms with Crippen molar-refractivity contribution >= 4 is 5.97 Å². The van der Waals surface area contributed by atoms with Gasteiger partial charge in [-0.3, -0.25) is 0 Å². The van der Waals surface area contributed by atoms with Gasteiger partial charge in [-0.05, 0) is 31.0 Å². The van der Waals surface area contributed by atoms with Gasteiger partial charge in [0.2, 0.25) is 0 Å². The highest BCUT2D eigenvalue weighted by molar-refractivity contribution is 5.64. The largest absolute Gasteiger partial charge is 0.550 e. The van der Waals surface area contributed by atoms with Crippen LogP contribution in [0.15, 0.2) is 18.2 Å². The highest BCUT2D eigenvalue weighted by Crippen LogP contribution is 2.30. The number of benzene rings is 1. The summed E-state index contributed by atoms with van der Waals surface area (Å²) in [6.07, 6.45) is 1.33. The lowest BCUT2D eigenvalue weighted by atomic mass is 10.0. The molecule has 5 heteroatoms. The highest BCUT2D eigenvalue weighted by atomic mass is 16.5. The Morgan fingerprint density at radius 2 is 2.00 bits per heavy atom. The first-order chi connectivity index (χ1) is 8.58. The molecule has 0 heterocycles. The van der Waals surface area contributed by atoms with E-state index in [-0.39, 0.29) is 12.5 Å². The van der Waals surface area contributed by atoms with Crippen LogP contribution in [0.5, 0.6) is 11.5 Å². The molecule has 5 nitrogen and oxygen atoms in total. The lowest BCUT2D eigenvalue weighted by Gasteiger charge is -2.13. The molecule has 1 rings (SSSR count). The zero-order valence-corrected chi connectivity index (χ0v) is 10.8. The summed E-state index contributed by atoms with van der Waals surface area (Å²) in [6, 6.07) is 5.64. The Balaban J connectivity index is 2.67. The van der Waals surface area contributed by atoms with Crippen LogP contribution in [0.1, 0.15) is 30.9 Å². The SMILES string of the molecule is COc1ccc([C@@H]([NH3+])CCCC(=O)[O-])cc1OC. The van der Waals surface area contributed by atoms with Gasteiger partial charge in [-0.2, -0.15) is 0 Å². The zero-order chi connectivity index (χ0) is 13.5. The summed E-state index contributed by atoms with van der Waals surface area (Å²) in [7, 11) is 3.16. The van der Waals surface area contributed by atoms with Gasteiger partial charge in [-0.15, -0.1) is 0 Å². The van der Waals surface area contributed by atoms with Crippen molar-refractivity contribution in [3.8, 4) is 11.5 Å². The fourth-order valence-electron chi connectivity index (χ4n) is 1.77. The monoisotopic (exact) mass is 253 g/mol. The van der Waals surface area contributed by atoms with E-state index in [4.69, 9.17) is 9.47 Å². The van der Waals surface area contributed by atoms with Crippen molar-refractivity contribution in [1.82, 2.24) is 0 Å². The summed E-state index contributed by atoms with van der Waals surface area (Å²) in [4.78, 5) is 10.3. The van der Waals surface area contributed by atoms with Crippen molar-refractivity contribution in [1.29, 1.82) is 0 Å². The van der Waals surface area contributed by atoms with E-state index < -0.39 is 5.97 Å². The van der Waals surface area contributed by atoms with Crippen molar-refractivity contribution in [2.24, 2.45) is 0 Å². The second-order valence-corrected chi connectivity index (χ2v) is 4.08. The van der Waals surface area contributed by atoms with E-state index in [1.54, 1.807) is 14.2 Å². The molecule has 1 atom stereocenters. The fraction of sp³-hybridized carbons (Fsp3) is 0.462. The lowest BCUT2D eigenvalue weighted by molar-refractivity contribution is -0.428. The maximum absolute atomic E-state index is 10.3. The van der Waals surface area contributed by atoms with Gasteiger partial charge >= 0.3 is 0 Å². The van der Waals surface area contributed by atoms with Crippen molar-refractivity contribution in [2.45, 2.75) is 25.3 Å². The molecule has 0 saturated heterocycles. The first-order valence-corrected chi connectivity index (χ1v) is 5.83. The Morgan fingerprint density at radius 3 is 2.56 bits per heavy atom. The molecule has 3 N–H and O–H groups in total. The Labute approximate surface area is 107 Å². The van der Waals surface area contributed by atoms with E-state index in [9.17, 15) is 9.90 Å². The van der Waals surface area contributed by atoms with Gasteiger partial charge in [0.15, 0.2) is 11.5 Å². The minimum Gasteiger partial charge on any atom is -0.550 e. The predicted molar refractivity (Wildman–Crippen MR) is 64.0 cm³/mol. The Bertz CT molecular complexity index is 406. The highest BCUT2D eigenvalue weighted by Gasteiger charge is 2.13. The van der Waals surface area contributed by atoms with Crippen LogP contribution in [-0.2, 0) is 4.79 Å². The lowest BCUT2D eigenvalue weighted by Crippen LogP contribution is -2.53. The van der Waals surface area contributed by atoms with Crippen LogP contribution in [-0.4, -0.2) is 20.2 Å². The average molecular weight is 253 g/mol. The number of ether oxygens (including phenoxy) is 2. The molecule has 0 amide bonds. The third-order valence-electron chi connectivity index (χ3n) is 2.81. The first-order valence-electron chi connectivity index (χ1n) is 5.83. The Hall–Kier alpha value is -1.75. The number of carboxylic acid groups (broad SMARTS) is 1. The summed E-state index contributed by atoms with van der Waals surface area (Å²) in [5, 5.41) is 10.3. The number of methoxy groups -OCH3 is 2. The number of carbonyl (C=O) groups excluding carboxylic acids is 1. The van der Waals surface area contributed by atoms with Crippen LogP contribution >= 0.6 is 0 Å². The smallest absolute Gasteiger partial charge is 0.161 e. The van der Waals surface area contributed by atoms with E-state index in [1.807, 2.05) is 18.2 Å². The molecule has 0 radical (unpaired) electrons. The normalized spacial score (nSPS) is 11.9. The molecular weight excluding hydrogens is 234 g/mol. The van der Waals surface area contributed by atoms with E-state index >= 15 is 0 Å². The molecule has 0 fully saturated rings. The van der Waals surface area contributed by atoms with Gasteiger partial charge < -0.3 is 25.1 Å². The molecule has 100 valence electrons. The van der Waals surface area contributed by atoms with Crippen LogP contribution < -0.4 is 20.3 Å². The van der Waals surface area contributed by atoms with Gasteiger partial charge in [-0.1, -0.05) is 0 Å². The van der Waals surface area contributed by atoms with Crippen molar-refractivity contribution < 1.29 is 25.1 Å². The standard InChI is InChI=1S/C13H19NO4/c1-17-11-7-6-9(8-12(11)18-2)10(14)4-3-5-13(15)16/h6-8,10H,3-5,14H2,1-2H3,(H,15,16)/t10-/m0/s1. The number of rotatable bonds is 7. The first kappa shape index (κ1) is 14.3. The number of aliphatic carboxylic acids is 1. The predicted octanol–water partition coefficient (Wildman–Crippen LogP) is -0.0930. The minimum atomic E-state index is -1.02. The van der Waals surface area contributed by atoms with Crippen LogP contribution in [0.25, 0.3) is 0 Å². The molecule has 18 heavy (non-hydrogen) atoms. The van der Waals surface area contributed by atoms with Crippen LogP contribution in [0.2, 0.25) is 0 Å². The van der Waals surface area contributed by atoms with E-state index in [2.05, 4.69) is 5.73 Å². The summed E-state index contributed by atoms with van der Waals surface area (Å²) in [5.74, 6) is 0.307. The molecule has 0 aliphatic carbocycles. The quantitative estimate of drug-likeness (QED) is 0.735. The summed E-state index contributed by atoms with van der Waals surface area (Å²) >= 11 is 0. The molecular formula is C13H19NO4. The van der Waals surface area contributed by atoms with Gasteiger partial charge in [0, 0.05) is 18.0 Å². The summed E-state index contributed by atoms with van der Waals surface area (Å²) in [5.41, 5.74) is 5.03. The maximum atomic E-state index is 10.3. The fourth-order valence-corrected chi connectivity index (χ4v) is 1.77. The second-order valence-electron chi connectivity index (χ2n) is 4.08. The van der Waals surface area contributed by atoms with Crippen molar-refractivity contribution in [3.63, 3.8) is 0 Å². The topological polar surface area (TPSA) is 86.2 Å². The molecule has 1 aromatic carbocycles. The van der Waals surface area contributed by atoms with Gasteiger partial charge in [0.1, 0.15) is 6.04 Å². The Kier molecular flexibility index (Phi) is 5.45. The molecule has 0 bridgehead atoms. The molecule has 0 aliphatic heterocycles. The molecule has 0 saturated carbocycles. The van der Waals surface area contributed by atoms with Crippen molar-refractivity contribution in [2.75, 3.05) is 14.2 Å². The molecule has 0 spiro atoms. The minimum absolute atomic E-state index is 0.0316. The van der Waals surface area contributed by atoms with Gasteiger partial charge in [0.25, 0.3) is 0 Å². The summed E-state index contributed by atoms with van der Waals surface area (Å²) < 4.78 is 10.4. The average Bonchev–Trinajstić information content (AvgIpc) is 2.37. The van der Waals surface area contributed by atoms with Crippen molar-refractivity contribution in [3.05, 3.63) is 23.8 Å². The van der Waals surface area contributed by atoms with E-state index in [0.717, 1.165) is 5.56 Å². The Morgan fingerprint density at radius 1 is 1.33 bits per heavy atom. The molecule has 0 aliphatic rings. The van der Waals surface area contributed by atoms with E-state index in [0.29, 0.717) is 24.3 Å². The van der Waals surface area contributed by atoms with Gasteiger partial charge in [0.05, 0.1) is 14.2 Å². The molecule has 0 aromatic heterocycles. The number of carboxylic acids is 1. The maximum Gasteiger partial charge on any atom is 0.161 e. The number of hydrogen-bond acceptors (Lipinski definition) is 4. The third kappa shape index (κ3) is 3.92.